The van der Waals surface area contributed by atoms with E-state index in [1.807, 2.05) is 36.1 Å². The molecule has 10 nitrogen and oxygen atoms in total. The quantitative estimate of drug-likeness (QED) is 0.243. The van der Waals surface area contributed by atoms with Gasteiger partial charge in [-0.25, -0.2) is 0 Å². The molecule has 0 bridgehead atoms. The topological polar surface area (TPSA) is 147 Å². The molecule has 3 heterocycles. The summed E-state index contributed by atoms with van der Waals surface area (Å²) in [6.07, 6.45) is 11.0. The van der Waals surface area contributed by atoms with Crippen molar-refractivity contribution >= 4 is 28.6 Å². The molecular formula is C34H55N5O5. The van der Waals surface area contributed by atoms with E-state index in [9.17, 15) is 19.5 Å². The molecule has 2 aliphatic heterocycles. The number of carbonyl (C=O) groups excluding carboxylic acids is 3. The first-order valence-corrected chi connectivity index (χ1v) is 16.4. The molecule has 2 saturated heterocycles. The summed E-state index contributed by atoms with van der Waals surface area (Å²) in [4.78, 5) is 43.1. The summed E-state index contributed by atoms with van der Waals surface area (Å²) in [5.41, 5.74) is 1.94. The molecule has 44 heavy (non-hydrogen) atoms. The Balaban J connectivity index is 0.000000438. The van der Waals surface area contributed by atoms with Crippen LogP contribution in [0.5, 0.6) is 0 Å². The Morgan fingerprint density at radius 2 is 1.64 bits per heavy atom. The molecule has 3 amide bonds. The fourth-order valence-electron chi connectivity index (χ4n) is 5.13. The minimum Gasteiger partial charge on any atom is -0.393 e. The van der Waals surface area contributed by atoms with Crippen LogP contribution in [-0.2, 0) is 14.4 Å². The van der Waals surface area contributed by atoms with Gasteiger partial charge in [-0.05, 0) is 38.2 Å². The van der Waals surface area contributed by atoms with Crippen LogP contribution in [0.2, 0.25) is 0 Å². The fraction of sp³-hybridized carbons (Fsp3) is 0.618. The molecular weight excluding hydrogens is 558 g/mol. The van der Waals surface area contributed by atoms with Gasteiger partial charge in [-0.15, -0.1) is 0 Å². The summed E-state index contributed by atoms with van der Waals surface area (Å²) >= 11 is 0. The van der Waals surface area contributed by atoms with E-state index < -0.39 is 30.0 Å². The maximum Gasteiger partial charge on any atom is 0.245 e. The van der Waals surface area contributed by atoms with Gasteiger partial charge in [0.1, 0.15) is 18.2 Å². The van der Waals surface area contributed by atoms with E-state index in [0.717, 1.165) is 36.6 Å². The average Bonchev–Trinajstić information content (AvgIpc) is 3.49. The highest BCUT2D eigenvalue weighted by Gasteiger charge is 2.34. The Hall–Kier alpha value is -3.37. The Bertz CT molecular complexity index is 1180. The molecule has 2 aromatic rings. The maximum absolute atomic E-state index is 13.0. The zero-order valence-corrected chi connectivity index (χ0v) is 27.2. The molecule has 0 saturated carbocycles. The second-order valence-electron chi connectivity index (χ2n) is 11.5. The number of H-pyrrole nitrogens is 1. The predicted molar refractivity (Wildman–Crippen MR) is 176 cm³/mol. The van der Waals surface area contributed by atoms with Crippen LogP contribution in [0.3, 0.4) is 0 Å². The van der Waals surface area contributed by atoms with Crippen LogP contribution in [0, 0.1) is 0 Å². The number of nitrogens with one attached hydrogen (secondary N) is 4. The van der Waals surface area contributed by atoms with E-state index in [-0.39, 0.29) is 25.1 Å². The van der Waals surface area contributed by atoms with E-state index in [1.54, 1.807) is 6.20 Å². The van der Waals surface area contributed by atoms with E-state index >= 15 is 0 Å². The molecule has 1 aromatic heterocycles. The zero-order valence-electron chi connectivity index (χ0n) is 27.2. The number of nitrogens with zero attached hydrogens (tertiary/aromatic N) is 1. The number of aromatic amines is 1. The van der Waals surface area contributed by atoms with E-state index in [1.165, 1.54) is 32.1 Å². The summed E-state index contributed by atoms with van der Waals surface area (Å²) in [7, 11) is 0. The Morgan fingerprint density at radius 3 is 2.32 bits per heavy atom. The number of piperidine rings is 1. The van der Waals surface area contributed by atoms with Crippen molar-refractivity contribution in [1.29, 1.82) is 0 Å². The van der Waals surface area contributed by atoms with Crippen molar-refractivity contribution in [3.05, 3.63) is 48.3 Å². The number of fused-ring (bicyclic) bond motifs is 2. The molecule has 2 aliphatic rings. The van der Waals surface area contributed by atoms with Gasteiger partial charge in [-0.1, -0.05) is 84.6 Å². The molecule has 1 aromatic carbocycles. The SMILES string of the molecule is C=C1CNC(=O)C(C(O)c2c[nH]c3ccccc23)NC(=O)CNC(=O)C2CCCCN12.CCCC.CCCCCC(O)CC. The lowest BCUT2D eigenvalue weighted by atomic mass is 9.99. The van der Waals surface area contributed by atoms with Gasteiger partial charge in [0, 0.05) is 34.9 Å². The third-order valence-corrected chi connectivity index (χ3v) is 8.07. The van der Waals surface area contributed by atoms with Gasteiger partial charge in [0.25, 0.3) is 0 Å². The normalized spacial score (nSPS) is 20.6. The number of aliphatic hydroxyl groups excluding tert-OH is 2. The van der Waals surface area contributed by atoms with Gasteiger partial charge in [0.05, 0.1) is 19.2 Å². The molecule has 0 radical (unpaired) electrons. The van der Waals surface area contributed by atoms with Crippen molar-refractivity contribution in [2.24, 2.45) is 0 Å². The molecule has 0 spiro atoms. The largest absolute Gasteiger partial charge is 0.393 e. The number of para-hydroxylation sites is 1. The summed E-state index contributed by atoms with van der Waals surface area (Å²) in [6, 6.07) is 5.76. The number of carbonyl (C=O) groups is 3. The van der Waals surface area contributed by atoms with E-state index in [2.05, 4.69) is 48.3 Å². The van der Waals surface area contributed by atoms with Crippen molar-refractivity contribution in [2.45, 2.75) is 116 Å². The van der Waals surface area contributed by atoms with Gasteiger partial charge >= 0.3 is 0 Å². The molecule has 10 heteroatoms. The Kier molecular flexibility index (Phi) is 16.6. The highest BCUT2D eigenvalue weighted by molar-refractivity contribution is 5.93. The smallest absolute Gasteiger partial charge is 0.245 e. The van der Waals surface area contributed by atoms with Gasteiger partial charge < -0.3 is 36.0 Å². The third kappa shape index (κ3) is 11.3. The van der Waals surface area contributed by atoms with Gasteiger partial charge in [-0.3, -0.25) is 14.4 Å². The standard InChI is InChI=1S/C22H27N5O4.C8H18O.C4H10/c1-13-10-24-22(31)19(20(29)15-11-23-16-7-3-2-6-14(15)16)26-18(28)12-25-21(30)17-8-4-5-9-27(13)17;1-3-5-6-7-8(9)4-2;1-3-4-2/h2-3,6-7,11,17,19-20,23,29H,1,4-5,8-10,12H2,(H,24,31)(H,25,30)(H,26,28);8-9H,3-7H2,1-2H3;3-4H2,1-2H3. The first-order chi connectivity index (χ1) is 21.2. The highest BCUT2D eigenvalue weighted by atomic mass is 16.3. The second-order valence-corrected chi connectivity index (χ2v) is 11.5. The monoisotopic (exact) mass is 613 g/mol. The minimum absolute atomic E-state index is 0.0449. The van der Waals surface area contributed by atoms with Crippen molar-refractivity contribution in [2.75, 3.05) is 19.6 Å². The first-order valence-electron chi connectivity index (χ1n) is 16.4. The lowest BCUT2D eigenvalue weighted by Crippen LogP contribution is -2.56. The highest BCUT2D eigenvalue weighted by Crippen LogP contribution is 2.27. The Labute approximate surface area is 263 Å². The van der Waals surface area contributed by atoms with Crippen molar-refractivity contribution in [3.8, 4) is 0 Å². The average molecular weight is 614 g/mol. The summed E-state index contributed by atoms with van der Waals surface area (Å²) in [5, 5.41) is 28.9. The van der Waals surface area contributed by atoms with Crippen LogP contribution in [0.15, 0.2) is 42.7 Å². The number of hydrogen-bond acceptors (Lipinski definition) is 6. The summed E-state index contributed by atoms with van der Waals surface area (Å²) in [6.45, 7) is 13.1. The molecule has 6 N–H and O–H groups in total. The zero-order chi connectivity index (χ0) is 32.5. The molecule has 2 fully saturated rings. The Morgan fingerprint density at radius 1 is 0.932 bits per heavy atom. The van der Waals surface area contributed by atoms with Gasteiger partial charge in [0.15, 0.2) is 0 Å². The van der Waals surface area contributed by atoms with E-state index in [0.29, 0.717) is 24.2 Å². The molecule has 4 unspecified atom stereocenters. The number of hydrogen-bond donors (Lipinski definition) is 6. The van der Waals surface area contributed by atoms with Crippen LogP contribution in [-0.4, -0.2) is 75.6 Å². The second kappa shape index (κ2) is 19.8. The number of unbranched alkanes of at least 4 members (excludes halogenated alkanes) is 3. The summed E-state index contributed by atoms with van der Waals surface area (Å²) in [5.74, 6) is -1.31. The number of rotatable bonds is 8. The number of aromatic nitrogens is 1. The van der Waals surface area contributed by atoms with E-state index in [4.69, 9.17) is 5.11 Å². The molecule has 4 atom stereocenters. The predicted octanol–water partition coefficient (Wildman–Crippen LogP) is 4.44. The number of aliphatic hydroxyl groups is 2. The molecule has 0 aliphatic carbocycles. The molecule has 246 valence electrons. The lowest BCUT2D eigenvalue weighted by molar-refractivity contribution is -0.133. The first kappa shape index (κ1) is 36.8. The van der Waals surface area contributed by atoms with Crippen LogP contribution >= 0.6 is 0 Å². The van der Waals surface area contributed by atoms with Crippen LogP contribution in [0.25, 0.3) is 10.9 Å². The van der Waals surface area contributed by atoms with Crippen LogP contribution < -0.4 is 16.0 Å². The fourth-order valence-corrected chi connectivity index (χ4v) is 5.13. The van der Waals surface area contributed by atoms with Crippen molar-refractivity contribution < 1.29 is 24.6 Å². The maximum atomic E-state index is 13.0. The lowest BCUT2D eigenvalue weighted by Gasteiger charge is -2.38. The molecule has 4 rings (SSSR count). The van der Waals surface area contributed by atoms with Crippen molar-refractivity contribution in [1.82, 2.24) is 25.8 Å². The van der Waals surface area contributed by atoms with Crippen LogP contribution in [0.4, 0.5) is 0 Å². The van der Waals surface area contributed by atoms with Crippen LogP contribution in [0.1, 0.15) is 104 Å². The number of benzene rings is 1. The minimum atomic E-state index is -1.28. The summed E-state index contributed by atoms with van der Waals surface area (Å²) < 4.78 is 0. The third-order valence-electron chi connectivity index (χ3n) is 8.07. The van der Waals surface area contributed by atoms with Gasteiger partial charge in [-0.2, -0.15) is 0 Å². The van der Waals surface area contributed by atoms with Crippen molar-refractivity contribution in [3.63, 3.8) is 0 Å². The number of amides is 3. The van der Waals surface area contributed by atoms with Gasteiger partial charge in [0.2, 0.25) is 17.7 Å².